The van der Waals surface area contributed by atoms with Crippen LogP contribution in [-0.4, -0.2) is 43.2 Å². The molecule has 0 aliphatic carbocycles. The van der Waals surface area contributed by atoms with E-state index in [1.54, 1.807) is 19.1 Å². The maximum atomic E-state index is 10.9. The topological polar surface area (TPSA) is 68.2 Å². The van der Waals surface area contributed by atoms with Gasteiger partial charge in [0.15, 0.2) is 0 Å². The smallest absolute Gasteiger partial charge is 0.317 e. The lowest BCUT2D eigenvalue weighted by Gasteiger charge is -2.22. The van der Waals surface area contributed by atoms with E-state index in [2.05, 4.69) is 0 Å². The standard InChI is InChI=1S/C25H27NO5/c1-26(18-25(27)28)17-16-24(19-6-4-3-5-7-19)31-23-14-12-22(13-15-23)30-21-10-8-20(29-2)9-11-21/h3-15,24H,16-18H2,1-2H3,(H,27,28). The van der Waals surface area contributed by atoms with E-state index < -0.39 is 5.97 Å². The summed E-state index contributed by atoms with van der Waals surface area (Å²) in [4.78, 5) is 12.7. The second kappa shape index (κ2) is 11.0. The van der Waals surface area contributed by atoms with Gasteiger partial charge in [-0.25, -0.2) is 0 Å². The van der Waals surface area contributed by atoms with Crippen LogP contribution in [0.3, 0.4) is 0 Å². The minimum absolute atomic E-state index is 0.00109. The van der Waals surface area contributed by atoms with E-state index in [1.165, 1.54) is 0 Å². The van der Waals surface area contributed by atoms with Gasteiger partial charge < -0.3 is 19.3 Å². The zero-order valence-corrected chi connectivity index (χ0v) is 17.7. The van der Waals surface area contributed by atoms with Gasteiger partial charge in [0.25, 0.3) is 0 Å². The van der Waals surface area contributed by atoms with Crippen molar-refractivity contribution < 1.29 is 24.1 Å². The summed E-state index contributed by atoms with van der Waals surface area (Å²) in [5.41, 5.74) is 1.05. The minimum Gasteiger partial charge on any atom is -0.497 e. The van der Waals surface area contributed by atoms with Gasteiger partial charge in [-0.1, -0.05) is 30.3 Å². The largest absolute Gasteiger partial charge is 0.497 e. The average molecular weight is 421 g/mol. The number of carboxylic acid groups (broad SMARTS) is 1. The fraction of sp³-hybridized carbons (Fsp3) is 0.240. The second-order valence-corrected chi connectivity index (χ2v) is 7.19. The highest BCUT2D eigenvalue weighted by Crippen LogP contribution is 2.29. The fourth-order valence-corrected chi connectivity index (χ4v) is 3.14. The first-order valence-electron chi connectivity index (χ1n) is 10.1. The average Bonchev–Trinajstić information content (AvgIpc) is 2.78. The van der Waals surface area contributed by atoms with Crippen LogP contribution in [0, 0.1) is 0 Å². The SMILES string of the molecule is COc1ccc(Oc2ccc(OC(CCN(C)CC(=O)O)c3ccccc3)cc2)cc1. The summed E-state index contributed by atoms with van der Waals surface area (Å²) >= 11 is 0. The predicted molar refractivity (Wildman–Crippen MR) is 119 cm³/mol. The van der Waals surface area contributed by atoms with Gasteiger partial charge in [0, 0.05) is 13.0 Å². The van der Waals surface area contributed by atoms with Crippen molar-refractivity contribution in [2.45, 2.75) is 12.5 Å². The van der Waals surface area contributed by atoms with E-state index >= 15 is 0 Å². The molecule has 0 bridgehead atoms. The third kappa shape index (κ3) is 7.04. The summed E-state index contributed by atoms with van der Waals surface area (Å²) in [6.45, 7) is 0.601. The Labute approximate surface area is 182 Å². The number of ether oxygens (including phenoxy) is 3. The zero-order valence-electron chi connectivity index (χ0n) is 17.7. The molecule has 0 aliphatic rings. The van der Waals surface area contributed by atoms with Crippen molar-refractivity contribution in [1.82, 2.24) is 4.90 Å². The number of carboxylic acids is 1. The lowest BCUT2D eigenvalue weighted by Crippen LogP contribution is -2.28. The highest BCUT2D eigenvalue weighted by atomic mass is 16.5. The molecule has 0 aromatic heterocycles. The molecule has 1 unspecified atom stereocenters. The summed E-state index contributed by atoms with van der Waals surface area (Å²) in [7, 11) is 3.42. The number of hydrogen-bond acceptors (Lipinski definition) is 5. The second-order valence-electron chi connectivity index (χ2n) is 7.19. The Kier molecular flexibility index (Phi) is 7.90. The van der Waals surface area contributed by atoms with E-state index in [0.29, 0.717) is 18.7 Å². The molecular formula is C25H27NO5. The summed E-state index contributed by atoms with van der Waals surface area (Å²) < 4.78 is 17.3. The molecule has 1 N–H and O–H groups in total. The molecule has 3 aromatic carbocycles. The van der Waals surface area contributed by atoms with Crippen LogP contribution in [0.4, 0.5) is 0 Å². The van der Waals surface area contributed by atoms with Crippen LogP contribution in [0.25, 0.3) is 0 Å². The molecule has 0 saturated carbocycles. The molecule has 0 heterocycles. The van der Waals surface area contributed by atoms with Crippen molar-refractivity contribution in [1.29, 1.82) is 0 Å². The summed E-state index contributed by atoms with van der Waals surface area (Å²) in [5.74, 6) is 2.08. The minimum atomic E-state index is -0.841. The monoisotopic (exact) mass is 421 g/mol. The Bertz CT molecular complexity index is 942. The predicted octanol–water partition coefficient (Wildman–Crippen LogP) is 5.01. The molecule has 0 fully saturated rings. The van der Waals surface area contributed by atoms with E-state index in [1.807, 2.05) is 78.9 Å². The molecular weight excluding hydrogens is 394 g/mol. The molecule has 0 amide bonds. The molecule has 3 aromatic rings. The van der Waals surface area contributed by atoms with Gasteiger partial charge in [-0.05, 0) is 61.1 Å². The van der Waals surface area contributed by atoms with E-state index in [0.717, 1.165) is 22.8 Å². The number of aliphatic carboxylic acids is 1. The van der Waals surface area contributed by atoms with Crippen molar-refractivity contribution in [3.8, 4) is 23.0 Å². The number of rotatable bonds is 11. The van der Waals surface area contributed by atoms with Crippen molar-refractivity contribution in [3.63, 3.8) is 0 Å². The molecule has 0 radical (unpaired) electrons. The van der Waals surface area contributed by atoms with Crippen molar-refractivity contribution in [2.75, 3.05) is 27.2 Å². The Morgan fingerprint density at radius 3 is 1.97 bits per heavy atom. The van der Waals surface area contributed by atoms with Crippen LogP contribution in [0.5, 0.6) is 23.0 Å². The third-order valence-electron chi connectivity index (χ3n) is 4.75. The summed E-state index contributed by atoms with van der Waals surface area (Å²) in [6, 6.07) is 24.8. The van der Waals surface area contributed by atoms with Gasteiger partial charge in [0.1, 0.15) is 29.1 Å². The molecule has 31 heavy (non-hydrogen) atoms. The molecule has 0 saturated heterocycles. The maximum Gasteiger partial charge on any atom is 0.317 e. The van der Waals surface area contributed by atoms with Crippen molar-refractivity contribution >= 4 is 5.97 Å². The van der Waals surface area contributed by atoms with Crippen molar-refractivity contribution in [3.05, 3.63) is 84.4 Å². The Morgan fingerprint density at radius 1 is 0.871 bits per heavy atom. The van der Waals surface area contributed by atoms with Crippen LogP contribution in [0.2, 0.25) is 0 Å². The maximum absolute atomic E-state index is 10.9. The Balaban J connectivity index is 1.65. The molecule has 0 aliphatic heterocycles. The van der Waals surface area contributed by atoms with E-state index in [-0.39, 0.29) is 12.6 Å². The first kappa shape index (κ1) is 22.2. The summed E-state index contributed by atoms with van der Waals surface area (Å²) in [5, 5.41) is 8.97. The van der Waals surface area contributed by atoms with E-state index in [4.69, 9.17) is 19.3 Å². The number of likely N-dealkylation sites (N-methyl/N-ethyl adjacent to an activating group) is 1. The van der Waals surface area contributed by atoms with Gasteiger partial charge in [0.2, 0.25) is 0 Å². The molecule has 6 heteroatoms. The number of methoxy groups -OCH3 is 1. The van der Waals surface area contributed by atoms with Gasteiger partial charge in [-0.3, -0.25) is 9.69 Å². The zero-order chi connectivity index (χ0) is 22.1. The third-order valence-corrected chi connectivity index (χ3v) is 4.75. The van der Waals surface area contributed by atoms with Crippen LogP contribution in [-0.2, 0) is 4.79 Å². The quantitative estimate of drug-likeness (QED) is 0.469. The molecule has 1 atom stereocenters. The van der Waals surface area contributed by atoms with Crippen LogP contribution >= 0.6 is 0 Å². The fourth-order valence-electron chi connectivity index (χ4n) is 3.14. The summed E-state index contributed by atoms with van der Waals surface area (Å²) in [6.07, 6.45) is 0.476. The first-order chi connectivity index (χ1) is 15.0. The van der Waals surface area contributed by atoms with Crippen LogP contribution < -0.4 is 14.2 Å². The van der Waals surface area contributed by atoms with Gasteiger partial charge in [-0.15, -0.1) is 0 Å². The molecule has 3 rings (SSSR count). The normalized spacial score (nSPS) is 11.7. The molecule has 6 nitrogen and oxygen atoms in total. The number of nitrogens with zero attached hydrogens (tertiary/aromatic N) is 1. The van der Waals surface area contributed by atoms with Crippen molar-refractivity contribution in [2.24, 2.45) is 0 Å². The van der Waals surface area contributed by atoms with Crippen LogP contribution in [0.15, 0.2) is 78.9 Å². The highest BCUT2D eigenvalue weighted by Gasteiger charge is 2.15. The lowest BCUT2D eigenvalue weighted by atomic mass is 10.1. The lowest BCUT2D eigenvalue weighted by molar-refractivity contribution is -0.138. The first-order valence-corrected chi connectivity index (χ1v) is 10.1. The number of benzene rings is 3. The van der Waals surface area contributed by atoms with Gasteiger partial charge in [0.05, 0.1) is 13.7 Å². The molecule has 0 spiro atoms. The van der Waals surface area contributed by atoms with Gasteiger partial charge >= 0.3 is 5.97 Å². The molecule has 162 valence electrons. The van der Waals surface area contributed by atoms with Gasteiger partial charge in [-0.2, -0.15) is 0 Å². The van der Waals surface area contributed by atoms with Crippen LogP contribution in [0.1, 0.15) is 18.1 Å². The highest BCUT2D eigenvalue weighted by molar-refractivity contribution is 5.69. The number of hydrogen-bond donors (Lipinski definition) is 1. The van der Waals surface area contributed by atoms with E-state index in [9.17, 15) is 4.79 Å². The Hall–Kier alpha value is -3.51. The number of carbonyl (C=O) groups is 1. The Morgan fingerprint density at radius 2 is 1.42 bits per heavy atom.